The summed E-state index contributed by atoms with van der Waals surface area (Å²) in [7, 11) is 1.56. The number of carboxylic acid groups (broad SMARTS) is 1. The molecule has 1 aromatic rings. The van der Waals surface area contributed by atoms with Gasteiger partial charge >= 0.3 is 5.97 Å². The van der Waals surface area contributed by atoms with Gasteiger partial charge in [0.15, 0.2) is 11.5 Å². The van der Waals surface area contributed by atoms with Crippen molar-refractivity contribution in [2.24, 2.45) is 0 Å². The van der Waals surface area contributed by atoms with Gasteiger partial charge in [0.25, 0.3) is 0 Å². The number of likely N-dealkylation sites (N-methyl/N-ethyl adjacent to an activating group) is 1. The molecule has 0 aliphatic carbocycles. The lowest BCUT2D eigenvalue weighted by atomic mass is 9.93. The fourth-order valence-electron chi connectivity index (χ4n) is 1.36. The van der Waals surface area contributed by atoms with Crippen LogP contribution in [0.1, 0.15) is 12.5 Å². The molecule has 0 aliphatic heterocycles. The molecule has 0 bridgehead atoms. The number of carbonyl (C=O) groups is 1. The van der Waals surface area contributed by atoms with E-state index in [0.717, 1.165) is 0 Å². The molecule has 6 N–H and O–H groups in total. The summed E-state index contributed by atoms with van der Waals surface area (Å²) in [4.78, 5) is 11.0. The third kappa shape index (κ3) is 3.33. The van der Waals surface area contributed by atoms with E-state index in [-0.39, 0.29) is 23.4 Å². The van der Waals surface area contributed by atoms with E-state index in [1.807, 2.05) is 0 Å². The Morgan fingerprint density at radius 2 is 1.94 bits per heavy atom. The second-order valence-corrected chi connectivity index (χ2v) is 3.89. The summed E-state index contributed by atoms with van der Waals surface area (Å²) in [5, 5.41) is 30.2. The van der Waals surface area contributed by atoms with Crippen molar-refractivity contribution < 1.29 is 25.6 Å². The van der Waals surface area contributed by atoms with Crippen LogP contribution in [0.15, 0.2) is 18.2 Å². The maximum absolute atomic E-state index is 11.0. The molecule has 17 heavy (non-hydrogen) atoms. The van der Waals surface area contributed by atoms with Gasteiger partial charge in [0.05, 0.1) is 0 Å². The lowest BCUT2D eigenvalue weighted by Gasteiger charge is -2.24. The number of rotatable bonds is 4. The summed E-state index contributed by atoms with van der Waals surface area (Å²) in [5.41, 5.74) is -0.460. The standard InChI is InChI=1S/C11H15NO4.H2O/c1-11(12-2,10(15)16)6-7-3-4-8(13)9(14)5-7;/h3-5,12-14H,6H2,1-2H3,(H,15,16);1H2. The fraction of sp³-hybridized carbons (Fsp3) is 0.364. The Hall–Kier alpha value is -1.79. The number of phenols is 2. The van der Waals surface area contributed by atoms with Crippen molar-refractivity contribution in [1.82, 2.24) is 5.32 Å². The van der Waals surface area contributed by atoms with Crippen LogP contribution in [0.5, 0.6) is 11.5 Å². The number of nitrogens with one attached hydrogen (secondary N) is 1. The zero-order valence-electron chi connectivity index (χ0n) is 9.69. The molecule has 0 aliphatic rings. The highest BCUT2D eigenvalue weighted by Gasteiger charge is 2.31. The van der Waals surface area contributed by atoms with Gasteiger partial charge in [-0.2, -0.15) is 0 Å². The highest BCUT2D eigenvalue weighted by Crippen LogP contribution is 2.26. The lowest BCUT2D eigenvalue weighted by molar-refractivity contribution is -0.143. The first-order valence-corrected chi connectivity index (χ1v) is 4.82. The largest absolute Gasteiger partial charge is 0.504 e. The Bertz CT molecular complexity index is 407. The van der Waals surface area contributed by atoms with E-state index in [1.54, 1.807) is 20.0 Å². The summed E-state index contributed by atoms with van der Waals surface area (Å²) in [5.74, 6) is -1.44. The average molecular weight is 243 g/mol. The van der Waals surface area contributed by atoms with Crippen LogP contribution in [-0.4, -0.2) is 39.4 Å². The summed E-state index contributed by atoms with van der Waals surface area (Å²) in [6.45, 7) is 1.55. The minimum absolute atomic E-state index is 0. The highest BCUT2D eigenvalue weighted by atomic mass is 16.4. The number of benzene rings is 1. The van der Waals surface area contributed by atoms with Crippen LogP contribution in [0.4, 0.5) is 0 Å². The molecular formula is C11H17NO5. The third-order valence-electron chi connectivity index (χ3n) is 2.62. The summed E-state index contributed by atoms with van der Waals surface area (Å²) >= 11 is 0. The van der Waals surface area contributed by atoms with Crippen LogP contribution >= 0.6 is 0 Å². The van der Waals surface area contributed by atoms with Crippen molar-refractivity contribution in [3.63, 3.8) is 0 Å². The van der Waals surface area contributed by atoms with Crippen LogP contribution in [0.2, 0.25) is 0 Å². The van der Waals surface area contributed by atoms with Crippen molar-refractivity contribution in [1.29, 1.82) is 0 Å². The summed E-state index contributed by atoms with van der Waals surface area (Å²) < 4.78 is 0. The van der Waals surface area contributed by atoms with Gasteiger partial charge in [-0.3, -0.25) is 4.79 Å². The minimum atomic E-state index is -1.09. The van der Waals surface area contributed by atoms with E-state index >= 15 is 0 Å². The molecule has 0 amide bonds. The van der Waals surface area contributed by atoms with Crippen LogP contribution in [0.3, 0.4) is 0 Å². The van der Waals surface area contributed by atoms with Crippen LogP contribution in [0, 0.1) is 0 Å². The van der Waals surface area contributed by atoms with Crippen molar-refractivity contribution in [2.75, 3.05) is 7.05 Å². The molecule has 0 fully saturated rings. The molecule has 0 saturated carbocycles. The fourth-order valence-corrected chi connectivity index (χ4v) is 1.36. The van der Waals surface area contributed by atoms with Gasteiger partial charge in [-0.25, -0.2) is 0 Å². The zero-order valence-corrected chi connectivity index (χ0v) is 9.69. The molecule has 0 spiro atoms. The number of carboxylic acids is 1. The molecule has 1 rings (SSSR count). The Kier molecular flexibility index (Phi) is 4.93. The summed E-state index contributed by atoms with van der Waals surface area (Å²) in [6, 6.07) is 4.27. The van der Waals surface area contributed by atoms with Gasteiger partial charge in [-0.15, -0.1) is 0 Å². The van der Waals surface area contributed by atoms with E-state index in [2.05, 4.69) is 5.32 Å². The maximum atomic E-state index is 11.0. The number of aromatic hydroxyl groups is 2. The lowest BCUT2D eigenvalue weighted by Crippen LogP contribution is -2.49. The van der Waals surface area contributed by atoms with Crippen LogP contribution in [-0.2, 0) is 11.2 Å². The van der Waals surface area contributed by atoms with E-state index < -0.39 is 11.5 Å². The Morgan fingerprint density at radius 1 is 1.35 bits per heavy atom. The Labute approximate surface area is 98.8 Å². The van der Waals surface area contributed by atoms with Crippen molar-refractivity contribution >= 4 is 5.97 Å². The average Bonchev–Trinajstić information content (AvgIpc) is 2.23. The Morgan fingerprint density at radius 3 is 2.35 bits per heavy atom. The van der Waals surface area contributed by atoms with Crippen LogP contribution in [0.25, 0.3) is 0 Å². The molecule has 0 aromatic heterocycles. The monoisotopic (exact) mass is 243 g/mol. The second kappa shape index (κ2) is 5.51. The molecule has 0 heterocycles. The first kappa shape index (κ1) is 15.2. The number of aliphatic carboxylic acids is 1. The first-order valence-electron chi connectivity index (χ1n) is 4.82. The number of phenolic OH excluding ortho intramolecular Hbond substituents is 2. The van der Waals surface area contributed by atoms with Crippen molar-refractivity contribution in [2.45, 2.75) is 18.9 Å². The molecule has 1 aromatic carbocycles. The Balaban J connectivity index is 0.00000256. The summed E-state index contributed by atoms with van der Waals surface area (Å²) in [6.07, 6.45) is 0.215. The van der Waals surface area contributed by atoms with Crippen LogP contribution < -0.4 is 5.32 Å². The van der Waals surface area contributed by atoms with Gasteiger partial charge in [0.1, 0.15) is 5.54 Å². The van der Waals surface area contributed by atoms with Gasteiger partial charge < -0.3 is 26.1 Å². The maximum Gasteiger partial charge on any atom is 0.323 e. The molecule has 6 nitrogen and oxygen atoms in total. The number of hydrogen-bond acceptors (Lipinski definition) is 4. The molecular weight excluding hydrogens is 226 g/mol. The highest BCUT2D eigenvalue weighted by molar-refractivity contribution is 5.78. The van der Waals surface area contributed by atoms with Crippen molar-refractivity contribution in [3.05, 3.63) is 23.8 Å². The van der Waals surface area contributed by atoms with Gasteiger partial charge in [0.2, 0.25) is 0 Å². The molecule has 96 valence electrons. The molecule has 1 atom stereocenters. The normalized spacial score (nSPS) is 13.5. The first-order chi connectivity index (χ1) is 7.39. The van der Waals surface area contributed by atoms with Gasteiger partial charge in [-0.05, 0) is 31.7 Å². The molecule has 0 saturated heterocycles. The van der Waals surface area contributed by atoms with E-state index in [1.165, 1.54) is 12.1 Å². The quantitative estimate of drug-likeness (QED) is 0.549. The topological polar surface area (TPSA) is 121 Å². The van der Waals surface area contributed by atoms with Crippen molar-refractivity contribution in [3.8, 4) is 11.5 Å². The SMILES string of the molecule is CNC(C)(Cc1ccc(O)c(O)c1)C(=O)O.O. The number of hydrogen-bond donors (Lipinski definition) is 4. The predicted octanol–water partition coefficient (Wildman–Crippen LogP) is -0.122. The predicted molar refractivity (Wildman–Crippen MR) is 62.2 cm³/mol. The van der Waals surface area contributed by atoms with E-state index in [4.69, 9.17) is 10.2 Å². The molecule has 1 unspecified atom stereocenters. The van der Waals surface area contributed by atoms with E-state index in [0.29, 0.717) is 5.56 Å². The zero-order chi connectivity index (χ0) is 12.3. The van der Waals surface area contributed by atoms with E-state index in [9.17, 15) is 9.90 Å². The third-order valence-corrected chi connectivity index (χ3v) is 2.62. The minimum Gasteiger partial charge on any atom is -0.504 e. The second-order valence-electron chi connectivity index (χ2n) is 3.89. The van der Waals surface area contributed by atoms with Gasteiger partial charge in [0, 0.05) is 6.42 Å². The molecule has 0 radical (unpaired) electrons. The molecule has 6 heteroatoms. The smallest absolute Gasteiger partial charge is 0.323 e. The van der Waals surface area contributed by atoms with Gasteiger partial charge in [-0.1, -0.05) is 6.07 Å².